The van der Waals surface area contributed by atoms with Gasteiger partial charge in [0, 0.05) is 12.1 Å². The van der Waals surface area contributed by atoms with Crippen molar-refractivity contribution in [3.8, 4) is 11.5 Å². The van der Waals surface area contributed by atoms with Gasteiger partial charge in [0.25, 0.3) is 0 Å². The lowest BCUT2D eigenvalue weighted by Crippen LogP contribution is -2.60. The highest BCUT2D eigenvalue weighted by molar-refractivity contribution is 5.79. The average Bonchev–Trinajstić information content (AvgIpc) is 2.64. The van der Waals surface area contributed by atoms with Crippen LogP contribution in [0.3, 0.4) is 0 Å². The van der Waals surface area contributed by atoms with Crippen LogP contribution < -0.4 is 14.8 Å². The fraction of sp³-hybridized carbons (Fsp3) is 0.696. The van der Waals surface area contributed by atoms with Crippen molar-refractivity contribution in [1.82, 2.24) is 10.2 Å². The molecule has 0 saturated heterocycles. The van der Waals surface area contributed by atoms with E-state index in [1.165, 1.54) is 44.1 Å². The number of likely N-dealkylation sites (N-methyl/N-ethyl adjacent to an activating group) is 1. The second kappa shape index (κ2) is 7.94. The van der Waals surface area contributed by atoms with Gasteiger partial charge >= 0.3 is 0 Å². The van der Waals surface area contributed by atoms with Crippen molar-refractivity contribution in [1.29, 1.82) is 0 Å². The molecule has 4 saturated carbocycles. The summed E-state index contributed by atoms with van der Waals surface area (Å²) in [5.41, 5.74) is 1.29. The molecule has 0 heterocycles. The fourth-order valence-electron chi connectivity index (χ4n) is 6.28. The zero-order chi connectivity index (χ0) is 19.7. The van der Waals surface area contributed by atoms with E-state index in [4.69, 9.17) is 9.47 Å². The van der Waals surface area contributed by atoms with Gasteiger partial charge in [0.1, 0.15) is 0 Å². The van der Waals surface area contributed by atoms with Crippen LogP contribution in [0.1, 0.15) is 44.1 Å². The third kappa shape index (κ3) is 4.14. The molecule has 4 bridgehead atoms. The van der Waals surface area contributed by atoms with Crippen LogP contribution >= 0.6 is 0 Å². The molecular formula is C23H34N2O3. The average molecular weight is 387 g/mol. The lowest BCUT2D eigenvalue weighted by atomic mass is 9.53. The molecule has 1 N–H and O–H groups in total. The number of carbonyl (C=O) groups excluding carboxylic acids is 1. The number of methoxy groups -OCH3 is 2. The second-order valence-corrected chi connectivity index (χ2v) is 9.42. The molecule has 0 aliphatic heterocycles. The van der Waals surface area contributed by atoms with Crippen molar-refractivity contribution in [2.75, 3.05) is 34.4 Å². The minimum absolute atomic E-state index is 0.107. The largest absolute Gasteiger partial charge is 0.493 e. The van der Waals surface area contributed by atoms with E-state index in [0.29, 0.717) is 6.54 Å². The normalized spacial score (nSPS) is 30.5. The molecule has 5 rings (SSSR count). The Morgan fingerprint density at radius 1 is 1.07 bits per heavy atom. The van der Waals surface area contributed by atoms with Crippen LogP contribution in [-0.2, 0) is 11.2 Å². The van der Waals surface area contributed by atoms with E-state index >= 15 is 0 Å². The molecule has 154 valence electrons. The number of hydrogen-bond acceptors (Lipinski definition) is 4. The topological polar surface area (TPSA) is 50.8 Å². The highest BCUT2D eigenvalue weighted by Crippen LogP contribution is 2.55. The number of hydrogen-bond donors (Lipinski definition) is 1. The van der Waals surface area contributed by atoms with Crippen molar-refractivity contribution in [2.45, 2.75) is 50.5 Å². The molecule has 0 unspecified atom stereocenters. The quantitative estimate of drug-likeness (QED) is 0.745. The summed E-state index contributed by atoms with van der Waals surface area (Å²) in [5.74, 6) is 4.26. The Labute approximate surface area is 168 Å². The lowest BCUT2D eigenvalue weighted by Gasteiger charge is -2.57. The summed E-state index contributed by atoms with van der Waals surface area (Å²) in [6.07, 6.45) is 8.71. The molecule has 28 heavy (non-hydrogen) atoms. The molecule has 0 spiro atoms. The maximum Gasteiger partial charge on any atom is 0.234 e. The van der Waals surface area contributed by atoms with Gasteiger partial charge in [0.15, 0.2) is 11.5 Å². The summed E-state index contributed by atoms with van der Waals surface area (Å²) in [6.45, 7) is 1.30. The Morgan fingerprint density at radius 3 is 2.25 bits per heavy atom. The predicted octanol–water partition coefficient (Wildman–Crippen LogP) is 3.26. The molecule has 4 fully saturated rings. The van der Waals surface area contributed by atoms with Crippen LogP contribution in [0, 0.1) is 17.8 Å². The summed E-state index contributed by atoms with van der Waals surface area (Å²) in [6, 6.07) is 6.01. The van der Waals surface area contributed by atoms with Gasteiger partial charge < -0.3 is 14.8 Å². The number of rotatable bonds is 8. The predicted molar refractivity (Wildman–Crippen MR) is 110 cm³/mol. The number of benzene rings is 1. The lowest BCUT2D eigenvalue weighted by molar-refractivity contribution is -0.127. The smallest absolute Gasteiger partial charge is 0.234 e. The van der Waals surface area contributed by atoms with Crippen molar-refractivity contribution < 1.29 is 14.3 Å². The first-order valence-electron chi connectivity index (χ1n) is 10.7. The molecule has 4 aliphatic rings. The number of ether oxygens (including phenoxy) is 2. The zero-order valence-electron chi connectivity index (χ0n) is 17.5. The highest BCUT2D eigenvalue weighted by Gasteiger charge is 2.51. The number of carbonyl (C=O) groups is 1. The van der Waals surface area contributed by atoms with Crippen LogP contribution in [0.4, 0.5) is 0 Å². The molecule has 5 heteroatoms. The van der Waals surface area contributed by atoms with Gasteiger partial charge in [-0.2, -0.15) is 0 Å². The van der Waals surface area contributed by atoms with E-state index in [2.05, 4.69) is 16.3 Å². The van der Waals surface area contributed by atoms with Crippen LogP contribution in [0.15, 0.2) is 18.2 Å². The van der Waals surface area contributed by atoms with Crippen molar-refractivity contribution in [3.63, 3.8) is 0 Å². The van der Waals surface area contributed by atoms with Gasteiger partial charge in [-0.3, -0.25) is 9.69 Å². The Bertz CT molecular complexity index is 683. The first kappa shape index (κ1) is 19.6. The minimum Gasteiger partial charge on any atom is -0.493 e. The number of nitrogens with one attached hydrogen (secondary N) is 1. The molecule has 4 aliphatic carbocycles. The Kier molecular flexibility index (Phi) is 5.55. The molecule has 1 aromatic carbocycles. The summed E-state index contributed by atoms with van der Waals surface area (Å²) < 4.78 is 10.7. The van der Waals surface area contributed by atoms with Crippen LogP contribution in [0.5, 0.6) is 11.5 Å². The van der Waals surface area contributed by atoms with E-state index in [9.17, 15) is 4.79 Å². The monoisotopic (exact) mass is 386 g/mol. The van der Waals surface area contributed by atoms with E-state index in [1.807, 2.05) is 19.2 Å². The summed E-state index contributed by atoms with van der Waals surface area (Å²) in [5, 5.41) is 3.47. The van der Waals surface area contributed by atoms with Gasteiger partial charge in [-0.05, 0) is 87.4 Å². The molecule has 0 radical (unpaired) electrons. The maximum absolute atomic E-state index is 12.7. The molecule has 1 aromatic rings. The SMILES string of the molecule is COc1ccc(CCN(C)CC(=O)NC23CC4CC(CC(C4)C2)C3)cc1OC. The van der Waals surface area contributed by atoms with E-state index in [-0.39, 0.29) is 11.4 Å². The third-order valence-corrected chi connectivity index (χ3v) is 7.09. The first-order chi connectivity index (χ1) is 13.5. The summed E-state index contributed by atoms with van der Waals surface area (Å²) in [4.78, 5) is 14.9. The zero-order valence-corrected chi connectivity index (χ0v) is 17.5. The third-order valence-electron chi connectivity index (χ3n) is 7.09. The van der Waals surface area contributed by atoms with E-state index in [1.54, 1.807) is 14.2 Å². The van der Waals surface area contributed by atoms with E-state index < -0.39 is 0 Å². The summed E-state index contributed by atoms with van der Waals surface area (Å²) in [7, 11) is 5.33. The van der Waals surface area contributed by atoms with Gasteiger partial charge in [-0.1, -0.05) is 6.07 Å². The van der Waals surface area contributed by atoms with Crippen LogP contribution in [-0.4, -0.2) is 50.7 Å². The molecule has 0 atom stereocenters. The Balaban J connectivity index is 1.27. The molecule has 1 amide bonds. The van der Waals surface area contributed by atoms with Gasteiger partial charge in [-0.25, -0.2) is 0 Å². The molecular weight excluding hydrogens is 352 g/mol. The van der Waals surface area contributed by atoms with Gasteiger partial charge in [0.2, 0.25) is 5.91 Å². The van der Waals surface area contributed by atoms with Crippen molar-refractivity contribution >= 4 is 5.91 Å². The molecule has 0 aromatic heterocycles. The number of nitrogens with zero attached hydrogens (tertiary/aromatic N) is 1. The van der Waals surface area contributed by atoms with Crippen molar-refractivity contribution in [2.24, 2.45) is 17.8 Å². The maximum atomic E-state index is 12.7. The Morgan fingerprint density at radius 2 is 1.68 bits per heavy atom. The number of amides is 1. The minimum atomic E-state index is 0.107. The highest BCUT2D eigenvalue weighted by atomic mass is 16.5. The van der Waals surface area contributed by atoms with E-state index in [0.717, 1.165) is 42.2 Å². The first-order valence-corrected chi connectivity index (χ1v) is 10.7. The second-order valence-electron chi connectivity index (χ2n) is 9.42. The van der Waals surface area contributed by atoms with Gasteiger partial charge in [-0.15, -0.1) is 0 Å². The van der Waals surface area contributed by atoms with Crippen molar-refractivity contribution in [3.05, 3.63) is 23.8 Å². The van der Waals surface area contributed by atoms with Crippen LogP contribution in [0.2, 0.25) is 0 Å². The standard InChI is InChI=1S/C23H34N2O3/c1-25(7-6-16-4-5-20(27-2)21(11-16)28-3)15-22(26)24-23-12-17-8-18(13-23)10-19(9-17)14-23/h4-5,11,17-19H,6-10,12-15H2,1-3H3,(H,24,26). The fourth-order valence-corrected chi connectivity index (χ4v) is 6.28. The summed E-state index contributed by atoms with van der Waals surface area (Å²) >= 11 is 0. The van der Waals surface area contributed by atoms with Gasteiger partial charge in [0.05, 0.1) is 20.8 Å². The van der Waals surface area contributed by atoms with Crippen LogP contribution in [0.25, 0.3) is 0 Å². The Hall–Kier alpha value is -1.75. The molecule has 5 nitrogen and oxygen atoms in total.